The number of hydrogen-bond donors (Lipinski definition) is 0. The summed E-state index contributed by atoms with van der Waals surface area (Å²) < 4.78 is 21.3. The second-order valence-corrected chi connectivity index (χ2v) is 11.6. The molecule has 1 aromatic heterocycles. The molecular weight excluding hydrogens is 546 g/mol. The summed E-state index contributed by atoms with van der Waals surface area (Å²) in [6, 6.07) is 6.67. The number of nitro groups is 1. The Balaban J connectivity index is 1.69. The molecule has 1 saturated carbocycles. The molecule has 1 fully saturated rings. The number of nitrogens with zero attached hydrogens (tertiary/aromatic N) is 3. The Bertz CT molecular complexity index is 1240. The molecule has 1 aromatic carbocycles. The van der Waals surface area contributed by atoms with Gasteiger partial charge in [0.05, 0.1) is 9.95 Å². The van der Waals surface area contributed by atoms with Gasteiger partial charge in [0.1, 0.15) is 23.1 Å². The highest BCUT2D eigenvalue weighted by Crippen LogP contribution is 2.38. The number of nitro benzene ring substituents is 1. The van der Waals surface area contributed by atoms with Crippen LogP contribution < -0.4 is 9.64 Å². The van der Waals surface area contributed by atoms with Gasteiger partial charge < -0.3 is 18.9 Å². The number of anilines is 1. The Hall–Kier alpha value is -3.93. The Morgan fingerprint density at radius 2 is 1.57 bits per heavy atom. The summed E-state index contributed by atoms with van der Waals surface area (Å²) in [6.45, 7) is 9.98. The molecule has 1 heterocycles. The molecular formula is C27H32ClN3O9. The SMILES string of the molecule is CC(C)(C)OC(=O)N(C(=O)OC(C)(C)C)c1ncc(C2CCC(OC(=O)Oc3ccc([N+](=O)[O-])cc3)C2)cc1Cl. The fourth-order valence-electron chi connectivity index (χ4n) is 3.94. The lowest BCUT2D eigenvalue weighted by Crippen LogP contribution is -2.44. The van der Waals surface area contributed by atoms with Crippen LogP contribution in [0.3, 0.4) is 0 Å². The third kappa shape index (κ3) is 8.54. The first-order valence-electron chi connectivity index (χ1n) is 12.6. The summed E-state index contributed by atoms with van der Waals surface area (Å²) in [6.07, 6.45) is -0.129. The molecule has 12 nitrogen and oxygen atoms in total. The minimum absolute atomic E-state index is 0.0381. The van der Waals surface area contributed by atoms with Gasteiger partial charge in [-0.3, -0.25) is 10.1 Å². The van der Waals surface area contributed by atoms with Gasteiger partial charge in [-0.2, -0.15) is 4.90 Å². The predicted octanol–water partition coefficient (Wildman–Crippen LogP) is 7.17. The second-order valence-electron chi connectivity index (χ2n) is 11.2. The number of rotatable bonds is 5. The van der Waals surface area contributed by atoms with Crippen molar-refractivity contribution in [3.63, 3.8) is 0 Å². The highest BCUT2D eigenvalue weighted by molar-refractivity contribution is 6.34. The second kappa shape index (κ2) is 12.1. The third-order valence-corrected chi connectivity index (χ3v) is 5.85. The number of imide groups is 1. The first-order valence-corrected chi connectivity index (χ1v) is 12.9. The molecule has 40 heavy (non-hydrogen) atoms. The van der Waals surface area contributed by atoms with Crippen LogP contribution >= 0.6 is 11.6 Å². The number of non-ortho nitro benzene ring substituents is 1. The Morgan fingerprint density at radius 3 is 2.08 bits per heavy atom. The molecule has 0 bridgehead atoms. The largest absolute Gasteiger partial charge is 0.514 e. The van der Waals surface area contributed by atoms with E-state index in [0.29, 0.717) is 24.2 Å². The fraction of sp³-hybridized carbons (Fsp3) is 0.481. The van der Waals surface area contributed by atoms with E-state index in [-0.39, 0.29) is 28.2 Å². The van der Waals surface area contributed by atoms with Crippen molar-refractivity contribution in [2.75, 3.05) is 4.90 Å². The molecule has 0 aliphatic heterocycles. The molecule has 1 aliphatic carbocycles. The first kappa shape index (κ1) is 30.6. The van der Waals surface area contributed by atoms with E-state index in [1.807, 2.05) is 0 Å². The standard InChI is InChI=1S/C27H32ClN3O9/c1-26(2,3)39-23(32)30(24(33)40-27(4,5)6)22-21(28)14-17(15-29-22)16-7-10-20(13-16)38-25(34)37-19-11-8-18(9-12-19)31(35)36/h8-9,11-12,14-16,20H,7,10,13H2,1-6H3. The molecule has 0 saturated heterocycles. The first-order chi connectivity index (χ1) is 18.5. The minimum atomic E-state index is -0.982. The van der Waals surface area contributed by atoms with E-state index in [4.69, 9.17) is 30.5 Å². The van der Waals surface area contributed by atoms with Crippen LogP contribution in [0.1, 0.15) is 72.3 Å². The number of pyridine rings is 1. The van der Waals surface area contributed by atoms with Crippen LogP contribution in [0, 0.1) is 10.1 Å². The predicted molar refractivity (Wildman–Crippen MR) is 145 cm³/mol. The zero-order valence-corrected chi connectivity index (χ0v) is 23.9. The average Bonchev–Trinajstić information content (AvgIpc) is 3.26. The van der Waals surface area contributed by atoms with Crippen LogP contribution in [0.15, 0.2) is 36.5 Å². The highest BCUT2D eigenvalue weighted by Gasteiger charge is 2.36. The molecule has 2 unspecified atom stereocenters. The van der Waals surface area contributed by atoms with Gasteiger partial charge in [0.25, 0.3) is 5.69 Å². The topological polar surface area (TPSA) is 147 Å². The van der Waals surface area contributed by atoms with Gasteiger partial charge >= 0.3 is 18.3 Å². The molecule has 216 valence electrons. The van der Waals surface area contributed by atoms with Gasteiger partial charge in [0.15, 0.2) is 5.82 Å². The van der Waals surface area contributed by atoms with Crippen molar-refractivity contribution >= 4 is 41.4 Å². The maximum atomic E-state index is 12.9. The summed E-state index contributed by atoms with van der Waals surface area (Å²) in [7, 11) is 0. The number of carbonyl (C=O) groups excluding carboxylic acids is 3. The summed E-state index contributed by atoms with van der Waals surface area (Å²) in [5, 5.41) is 10.8. The molecule has 2 amide bonds. The van der Waals surface area contributed by atoms with Crippen LogP contribution in [0.25, 0.3) is 0 Å². The van der Waals surface area contributed by atoms with Crippen molar-refractivity contribution in [2.24, 2.45) is 0 Å². The average molecular weight is 578 g/mol. The molecule has 0 N–H and O–H groups in total. The van der Waals surface area contributed by atoms with E-state index >= 15 is 0 Å². The number of benzene rings is 1. The number of ether oxygens (including phenoxy) is 4. The van der Waals surface area contributed by atoms with E-state index in [1.54, 1.807) is 47.6 Å². The van der Waals surface area contributed by atoms with Crippen LogP contribution in [0.2, 0.25) is 5.02 Å². The maximum absolute atomic E-state index is 12.9. The van der Waals surface area contributed by atoms with Crippen molar-refractivity contribution in [3.05, 3.63) is 57.2 Å². The monoisotopic (exact) mass is 577 g/mol. The summed E-state index contributed by atoms with van der Waals surface area (Å²) >= 11 is 6.51. The van der Waals surface area contributed by atoms with Gasteiger partial charge in [-0.1, -0.05) is 11.6 Å². The van der Waals surface area contributed by atoms with E-state index in [2.05, 4.69) is 4.98 Å². The number of halogens is 1. The Kier molecular flexibility index (Phi) is 9.24. The van der Waals surface area contributed by atoms with Gasteiger partial charge in [0, 0.05) is 18.3 Å². The number of aromatic nitrogens is 1. The molecule has 3 rings (SSSR count). The minimum Gasteiger partial charge on any atom is -0.443 e. The zero-order valence-electron chi connectivity index (χ0n) is 23.1. The van der Waals surface area contributed by atoms with Gasteiger partial charge in [-0.15, -0.1) is 0 Å². The Labute approximate surface area is 236 Å². The van der Waals surface area contributed by atoms with E-state index in [1.165, 1.54) is 30.5 Å². The van der Waals surface area contributed by atoms with Crippen molar-refractivity contribution in [1.29, 1.82) is 0 Å². The summed E-state index contributed by atoms with van der Waals surface area (Å²) in [4.78, 5) is 53.2. The van der Waals surface area contributed by atoms with E-state index in [0.717, 1.165) is 5.56 Å². The maximum Gasteiger partial charge on any atom is 0.514 e. The quantitative estimate of drug-likeness (QED) is 0.118. The summed E-state index contributed by atoms with van der Waals surface area (Å²) in [5.41, 5.74) is -1.17. The number of amides is 2. The lowest BCUT2D eigenvalue weighted by Gasteiger charge is -2.28. The van der Waals surface area contributed by atoms with E-state index < -0.39 is 40.6 Å². The molecule has 0 spiro atoms. The summed E-state index contributed by atoms with van der Waals surface area (Å²) in [5.74, 6) is -0.0737. The van der Waals surface area contributed by atoms with Gasteiger partial charge in [-0.25, -0.2) is 19.4 Å². The molecule has 2 atom stereocenters. The van der Waals surface area contributed by atoms with Crippen LogP contribution in [0.5, 0.6) is 5.75 Å². The molecule has 13 heteroatoms. The molecule has 2 aromatic rings. The Morgan fingerprint density at radius 1 is 1.00 bits per heavy atom. The van der Waals surface area contributed by atoms with E-state index in [9.17, 15) is 24.5 Å². The fourth-order valence-corrected chi connectivity index (χ4v) is 4.20. The third-order valence-electron chi connectivity index (χ3n) is 5.57. The lowest BCUT2D eigenvalue weighted by molar-refractivity contribution is -0.384. The van der Waals surface area contributed by atoms with Crippen LogP contribution in [-0.2, 0) is 14.2 Å². The van der Waals surface area contributed by atoms with Crippen LogP contribution in [0.4, 0.5) is 25.9 Å². The van der Waals surface area contributed by atoms with Crippen LogP contribution in [-0.4, -0.2) is 45.6 Å². The number of carbonyl (C=O) groups is 3. The molecule has 0 radical (unpaired) electrons. The number of hydrogen-bond acceptors (Lipinski definition) is 10. The smallest absolute Gasteiger partial charge is 0.443 e. The molecule has 1 aliphatic rings. The zero-order chi connectivity index (χ0) is 29.8. The van der Waals surface area contributed by atoms with Gasteiger partial charge in [0.2, 0.25) is 0 Å². The van der Waals surface area contributed by atoms with Crippen molar-refractivity contribution in [1.82, 2.24) is 4.98 Å². The highest BCUT2D eigenvalue weighted by atomic mass is 35.5. The lowest BCUT2D eigenvalue weighted by atomic mass is 9.99. The normalized spacial score (nSPS) is 17.1. The van der Waals surface area contributed by atoms with Crippen molar-refractivity contribution in [2.45, 2.75) is 84.0 Å². The van der Waals surface area contributed by atoms with Gasteiger partial charge in [-0.05, 0) is 90.5 Å². The van der Waals surface area contributed by atoms with Crippen molar-refractivity contribution < 1.29 is 38.3 Å². The van der Waals surface area contributed by atoms with Crippen molar-refractivity contribution in [3.8, 4) is 5.75 Å².